The Hall–Kier alpha value is -1.58. The molecule has 1 aromatic heterocycles. The summed E-state index contributed by atoms with van der Waals surface area (Å²) in [6, 6.07) is 13.7. The lowest BCUT2D eigenvalue weighted by Crippen LogP contribution is -1.85. The van der Waals surface area contributed by atoms with Gasteiger partial charge in [-0.25, -0.2) is 4.98 Å². The van der Waals surface area contributed by atoms with Crippen LogP contribution in [0.4, 0.5) is 5.69 Å². The molecular formula is C14H11ClN2S. The zero-order valence-corrected chi connectivity index (χ0v) is 11.1. The number of thiazole rings is 1. The molecule has 0 amide bonds. The third kappa shape index (κ3) is 2.33. The number of rotatable bonds is 2. The Labute approximate surface area is 114 Å². The highest BCUT2D eigenvalue weighted by Crippen LogP contribution is 2.26. The Morgan fingerprint density at radius 1 is 1.11 bits per heavy atom. The summed E-state index contributed by atoms with van der Waals surface area (Å²) in [5, 5.41) is 1.86. The van der Waals surface area contributed by atoms with Crippen LogP contribution in [0, 0.1) is 0 Å². The van der Waals surface area contributed by atoms with Gasteiger partial charge in [0.1, 0.15) is 0 Å². The topological polar surface area (TPSA) is 38.9 Å². The number of nitrogens with zero attached hydrogens (tertiary/aromatic N) is 1. The summed E-state index contributed by atoms with van der Waals surface area (Å²) >= 11 is 7.56. The molecule has 0 spiro atoms. The van der Waals surface area contributed by atoms with Crippen LogP contribution in [-0.2, 0) is 6.42 Å². The third-order valence-electron chi connectivity index (χ3n) is 2.73. The Bertz CT molecular complexity index is 689. The van der Waals surface area contributed by atoms with Crippen molar-refractivity contribution in [3.05, 3.63) is 58.1 Å². The predicted octanol–water partition coefficient (Wildman–Crippen LogP) is 4.12. The van der Waals surface area contributed by atoms with Crippen molar-refractivity contribution < 1.29 is 0 Å². The van der Waals surface area contributed by atoms with Crippen LogP contribution in [0.2, 0.25) is 5.02 Å². The van der Waals surface area contributed by atoms with E-state index in [1.165, 1.54) is 5.56 Å². The van der Waals surface area contributed by atoms with Crippen molar-refractivity contribution in [3.63, 3.8) is 0 Å². The lowest BCUT2D eigenvalue weighted by molar-refractivity contribution is 1.16. The van der Waals surface area contributed by atoms with E-state index in [-0.39, 0.29) is 0 Å². The Balaban J connectivity index is 1.92. The van der Waals surface area contributed by atoms with E-state index in [2.05, 4.69) is 4.98 Å². The van der Waals surface area contributed by atoms with Crippen LogP contribution in [-0.4, -0.2) is 4.98 Å². The van der Waals surface area contributed by atoms with Gasteiger partial charge in [-0.05, 0) is 35.9 Å². The van der Waals surface area contributed by atoms with Gasteiger partial charge in [-0.1, -0.05) is 23.7 Å². The molecule has 0 aliphatic carbocycles. The van der Waals surface area contributed by atoms with Gasteiger partial charge in [0.15, 0.2) is 0 Å². The molecule has 0 unspecified atom stereocenters. The fourth-order valence-corrected chi connectivity index (χ4v) is 3.02. The van der Waals surface area contributed by atoms with Crippen molar-refractivity contribution in [1.29, 1.82) is 0 Å². The van der Waals surface area contributed by atoms with E-state index < -0.39 is 0 Å². The minimum atomic E-state index is 0.760. The van der Waals surface area contributed by atoms with Crippen LogP contribution in [0.5, 0.6) is 0 Å². The average molecular weight is 275 g/mol. The number of hydrogen-bond acceptors (Lipinski definition) is 3. The molecule has 0 saturated heterocycles. The van der Waals surface area contributed by atoms with Crippen molar-refractivity contribution in [2.24, 2.45) is 0 Å². The number of hydrogen-bond donors (Lipinski definition) is 1. The molecule has 2 N–H and O–H groups in total. The fraction of sp³-hybridized carbons (Fsp3) is 0.0714. The van der Waals surface area contributed by atoms with Crippen molar-refractivity contribution in [2.75, 3.05) is 5.73 Å². The zero-order chi connectivity index (χ0) is 12.5. The molecule has 3 rings (SSSR count). The van der Waals surface area contributed by atoms with Crippen LogP contribution in [0.3, 0.4) is 0 Å². The SMILES string of the molecule is Nc1ccc2nc(Cc3ccc(Cl)cc3)sc2c1. The summed E-state index contributed by atoms with van der Waals surface area (Å²) in [5.74, 6) is 0. The van der Waals surface area contributed by atoms with E-state index in [9.17, 15) is 0 Å². The fourth-order valence-electron chi connectivity index (χ4n) is 1.84. The van der Waals surface area contributed by atoms with Crippen molar-refractivity contribution >= 4 is 38.8 Å². The highest BCUT2D eigenvalue weighted by molar-refractivity contribution is 7.18. The van der Waals surface area contributed by atoms with Gasteiger partial charge in [0.05, 0.1) is 15.2 Å². The molecule has 0 aliphatic rings. The second-order valence-corrected chi connectivity index (χ2v) is 5.69. The molecule has 0 saturated carbocycles. The third-order valence-corrected chi connectivity index (χ3v) is 4.00. The van der Waals surface area contributed by atoms with E-state index in [1.807, 2.05) is 42.5 Å². The lowest BCUT2D eigenvalue weighted by atomic mass is 10.2. The number of aromatic nitrogens is 1. The number of fused-ring (bicyclic) bond motifs is 1. The molecule has 3 aromatic rings. The van der Waals surface area contributed by atoms with E-state index in [1.54, 1.807) is 11.3 Å². The first-order valence-electron chi connectivity index (χ1n) is 5.60. The van der Waals surface area contributed by atoms with Crippen LogP contribution >= 0.6 is 22.9 Å². The molecular weight excluding hydrogens is 264 g/mol. The number of anilines is 1. The minimum absolute atomic E-state index is 0.760. The summed E-state index contributed by atoms with van der Waals surface area (Å²) in [4.78, 5) is 4.60. The Kier molecular flexibility index (Phi) is 2.94. The number of nitrogens with two attached hydrogens (primary N) is 1. The van der Waals surface area contributed by atoms with Gasteiger partial charge in [-0.2, -0.15) is 0 Å². The highest BCUT2D eigenvalue weighted by Gasteiger charge is 2.05. The molecule has 2 nitrogen and oxygen atoms in total. The molecule has 0 bridgehead atoms. The molecule has 18 heavy (non-hydrogen) atoms. The van der Waals surface area contributed by atoms with Gasteiger partial charge in [0.2, 0.25) is 0 Å². The Morgan fingerprint density at radius 3 is 2.67 bits per heavy atom. The van der Waals surface area contributed by atoms with Gasteiger partial charge < -0.3 is 5.73 Å². The van der Waals surface area contributed by atoms with E-state index in [0.29, 0.717) is 0 Å². The van der Waals surface area contributed by atoms with Crippen molar-refractivity contribution in [1.82, 2.24) is 4.98 Å². The summed E-state index contributed by atoms with van der Waals surface area (Å²) < 4.78 is 1.14. The number of benzene rings is 2. The molecule has 1 heterocycles. The molecule has 0 radical (unpaired) electrons. The summed E-state index contributed by atoms with van der Waals surface area (Å²) in [5.41, 5.74) is 8.77. The van der Waals surface area contributed by atoms with Gasteiger partial charge >= 0.3 is 0 Å². The monoisotopic (exact) mass is 274 g/mol. The number of nitrogen functional groups attached to an aromatic ring is 1. The van der Waals surface area contributed by atoms with Crippen molar-refractivity contribution in [2.45, 2.75) is 6.42 Å². The molecule has 4 heteroatoms. The Morgan fingerprint density at radius 2 is 1.89 bits per heavy atom. The molecule has 90 valence electrons. The first kappa shape index (κ1) is 11.5. The quantitative estimate of drug-likeness (QED) is 0.714. The smallest absolute Gasteiger partial charge is 0.0982 e. The highest BCUT2D eigenvalue weighted by atomic mass is 35.5. The summed E-state index contributed by atoms with van der Waals surface area (Å²) in [6.45, 7) is 0. The first-order valence-corrected chi connectivity index (χ1v) is 6.79. The average Bonchev–Trinajstić information content (AvgIpc) is 2.73. The van der Waals surface area contributed by atoms with Crippen molar-refractivity contribution in [3.8, 4) is 0 Å². The largest absolute Gasteiger partial charge is 0.399 e. The molecule has 0 aliphatic heterocycles. The van der Waals surface area contributed by atoms with Gasteiger partial charge in [-0.15, -0.1) is 11.3 Å². The van der Waals surface area contributed by atoms with E-state index in [4.69, 9.17) is 17.3 Å². The second kappa shape index (κ2) is 4.59. The standard InChI is InChI=1S/C14H11ClN2S/c15-10-3-1-9(2-4-10)7-14-17-12-6-5-11(16)8-13(12)18-14/h1-6,8H,7,16H2. The molecule has 0 atom stereocenters. The number of halogens is 1. The van der Waals surface area contributed by atoms with Crippen LogP contribution < -0.4 is 5.73 Å². The maximum Gasteiger partial charge on any atom is 0.0982 e. The molecule has 0 fully saturated rings. The van der Waals surface area contributed by atoms with Crippen LogP contribution in [0.1, 0.15) is 10.6 Å². The van der Waals surface area contributed by atoms with Gasteiger partial charge in [0, 0.05) is 17.1 Å². The summed E-state index contributed by atoms with van der Waals surface area (Å²) in [6.07, 6.45) is 0.830. The van der Waals surface area contributed by atoms with E-state index in [0.717, 1.165) is 32.4 Å². The summed E-state index contributed by atoms with van der Waals surface area (Å²) in [7, 11) is 0. The second-order valence-electron chi connectivity index (χ2n) is 4.14. The lowest BCUT2D eigenvalue weighted by Gasteiger charge is -1.97. The maximum absolute atomic E-state index is 5.87. The normalized spacial score (nSPS) is 10.9. The van der Waals surface area contributed by atoms with Crippen LogP contribution in [0.25, 0.3) is 10.2 Å². The van der Waals surface area contributed by atoms with E-state index >= 15 is 0 Å². The molecule has 2 aromatic carbocycles. The van der Waals surface area contributed by atoms with Gasteiger partial charge in [-0.3, -0.25) is 0 Å². The zero-order valence-electron chi connectivity index (χ0n) is 9.56. The maximum atomic E-state index is 5.87. The predicted molar refractivity (Wildman–Crippen MR) is 78.3 cm³/mol. The van der Waals surface area contributed by atoms with Crippen LogP contribution in [0.15, 0.2) is 42.5 Å². The van der Waals surface area contributed by atoms with Gasteiger partial charge in [0.25, 0.3) is 0 Å². The minimum Gasteiger partial charge on any atom is -0.399 e. The first-order chi connectivity index (χ1) is 8.70.